The largest absolute Gasteiger partial charge is 0.384 e. The Balaban J connectivity index is 1.88. The molecule has 2 N–H and O–H groups in total. The summed E-state index contributed by atoms with van der Waals surface area (Å²) >= 11 is 0. The monoisotopic (exact) mass is 267 g/mol. The molecule has 1 aromatic carbocycles. The van der Waals surface area contributed by atoms with Crippen LogP contribution in [-0.2, 0) is 5.54 Å². The zero-order valence-electron chi connectivity index (χ0n) is 11.8. The first kappa shape index (κ1) is 11.7. The first-order valence-corrected chi connectivity index (χ1v) is 7.13. The van der Waals surface area contributed by atoms with Gasteiger partial charge in [-0.3, -0.25) is 10.3 Å². The molecule has 0 aliphatic carbocycles. The zero-order valence-corrected chi connectivity index (χ0v) is 11.8. The summed E-state index contributed by atoms with van der Waals surface area (Å²) in [5.74, 6) is 1.59. The fourth-order valence-electron chi connectivity index (χ4n) is 3.63. The minimum Gasteiger partial charge on any atom is -0.384 e. The van der Waals surface area contributed by atoms with Gasteiger partial charge in [-0.25, -0.2) is 4.57 Å². The second-order valence-corrected chi connectivity index (χ2v) is 6.18. The Hall–Kier alpha value is -2.10. The average Bonchev–Trinajstić information content (AvgIpc) is 2.47. The zero-order chi connectivity index (χ0) is 13.7. The van der Waals surface area contributed by atoms with E-state index in [0.29, 0.717) is 12.0 Å². The van der Waals surface area contributed by atoms with Crippen LogP contribution in [0.25, 0.3) is 0 Å². The van der Waals surface area contributed by atoms with Gasteiger partial charge in [-0.05, 0) is 19.9 Å². The fraction of sp³-hybridized carbons (Fsp3) is 0.375. The van der Waals surface area contributed by atoms with Crippen molar-refractivity contribution in [1.82, 2.24) is 4.98 Å². The van der Waals surface area contributed by atoms with Crippen molar-refractivity contribution in [1.29, 1.82) is 0 Å². The topological polar surface area (TPSA) is 40.8 Å². The van der Waals surface area contributed by atoms with Crippen molar-refractivity contribution >= 4 is 11.5 Å². The van der Waals surface area contributed by atoms with E-state index in [1.54, 1.807) is 0 Å². The van der Waals surface area contributed by atoms with Crippen molar-refractivity contribution in [2.24, 2.45) is 5.92 Å². The lowest BCUT2D eigenvalue weighted by molar-refractivity contribution is -0.758. The number of hydrogen-bond acceptors (Lipinski definition) is 3. The second-order valence-electron chi connectivity index (χ2n) is 6.18. The van der Waals surface area contributed by atoms with Crippen LogP contribution in [-0.4, -0.2) is 11.5 Å². The van der Waals surface area contributed by atoms with Crippen LogP contribution >= 0.6 is 0 Å². The Morgan fingerprint density at radius 2 is 2.15 bits per heavy atom. The van der Waals surface area contributed by atoms with E-state index >= 15 is 0 Å². The molecule has 0 amide bonds. The molecular weight excluding hydrogens is 248 g/mol. The summed E-state index contributed by atoms with van der Waals surface area (Å²) in [6, 6.07) is 8.92. The molecule has 20 heavy (non-hydrogen) atoms. The normalized spacial score (nSPS) is 25.5. The van der Waals surface area contributed by atoms with E-state index in [4.69, 9.17) is 0 Å². The summed E-state index contributed by atoms with van der Waals surface area (Å²) in [6.07, 6.45) is 5.85. The molecule has 2 aliphatic rings. The molecule has 102 valence electrons. The maximum Gasteiger partial charge on any atom is 0.294 e. The van der Waals surface area contributed by atoms with E-state index in [-0.39, 0.29) is 5.54 Å². The molecular formula is C16H19N4+. The van der Waals surface area contributed by atoms with Crippen molar-refractivity contribution in [3.63, 3.8) is 0 Å². The van der Waals surface area contributed by atoms with Crippen LogP contribution < -0.4 is 15.2 Å². The molecule has 1 aromatic heterocycles. The van der Waals surface area contributed by atoms with Gasteiger partial charge in [0.15, 0.2) is 0 Å². The van der Waals surface area contributed by atoms with Crippen LogP contribution in [0.5, 0.6) is 0 Å². The number of aromatic nitrogens is 2. The summed E-state index contributed by atoms with van der Waals surface area (Å²) in [5, 5.41) is 7.25. The third-order valence-corrected chi connectivity index (χ3v) is 4.80. The van der Waals surface area contributed by atoms with Crippen LogP contribution in [0, 0.1) is 5.92 Å². The summed E-state index contributed by atoms with van der Waals surface area (Å²) in [7, 11) is 0. The number of rotatable bonds is 0. The Labute approximate surface area is 118 Å². The van der Waals surface area contributed by atoms with Crippen molar-refractivity contribution in [2.75, 3.05) is 17.2 Å². The molecule has 0 radical (unpaired) electrons. The number of para-hydroxylation sites is 1. The van der Waals surface area contributed by atoms with Crippen LogP contribution in [0.2, 0.25) is 0 Å². The molecule has 4 heteroatoms. The fourth-order valence-corrected chi connectivity index (χ4v) is 3.63. The van der Waals surface area contributed by atoms with E-state index in [2.05, 4.69) is 64.5 Å². The summed E-state index contributed by atoms with van der Waals surface area (Å²) in [6.45, 7) is 5.60. The minimum atomic E-state index is 0.0503. The highest BCUT2D eigenvalue weighted by molar-refractivity contribution is 5.57. The van der Waals surface area contributed by atoms with Crippen LogP contribution in [0.15, 0.2) is 42.9 Å². The molecule has 0 saturated heterocycles. The molecule has 2 aliphatic heterocycles. The SMILES string of the molecule is CC1(C)[C@H]2CNc3ccccc3[C@@H]2Nc2cncc[n+]21. The number of fused-ring (bicyclic) bond motifs is 4. The first-order chi connectivity index (χ1) is 9.68. The molecule has 3 heterocycles. The minimum absolute atomic E-state index is 0.0503. The Kier molecular flexibility index (Phi) is 2.31. The number of anilines is 2. The lowest BCUT2D eigenvalue weighted by Gasteiger charge is -2.44. The molecule has 0 spiro atoms. The van der Waals surface area contributed by atoms with E-state index in [1.807, 2.05) is 12.4 Å². The lowest BCUT2D eigenvalue weighted by Crippen LogP contribution is -2.65. The molecule has 0 saturated carbocycles. The maximum absolute atomic E-state index is 4.26. The van der Waals surface area contributed by atoms with E-state index in [9.17, 15) is 0 Å². The molecule has 0 bridgehead atoms. The van der Waals surface area contributed by atoms with Crippen molar-refractivity contribution < 1.29 is 4.57 Å². The predicted octanol–water partition coefficient (Wildman–Crippen LogP) is 2.31. The van der Waals surface area contributed by atoms with Gasteiger partial charge in [-0.15, -0.1) is 0 Å². The summed E-state index contributed by atoms with van der Waals surface area (Å²) < 4.78 is 2.30. The highest BCUT2D eigenvalue weighted by Crippen LogP contribution is 2.43. The highest BCUT2D eigenvalue weighted by Gasteiger charge is 2.50. The summed E-state index contributed by atoms with van der Waals surface area (Å²) in [4.78, 5) is 4.26. The number of nitrogens with zero attached hydrogens (tertiary/aromatic N) is 2. The smallest absolute Gasteiger partial charge is 0.294 e. The van der Waals surface area contributed by atoms with Gasteiger partial charge in [-0.1, -0.05) is 18.2 Å². The Morgan fingerprint density at radius 1 is 1.30 bits per heavy atom. The Bertz CT molecular complexity index is 665. The van der Waals surface area contributed by atoms with Crippen molar-refractivity contribution in [3.8, 4) is 0 Å². The lowest BCUT2D eigenvalue weighted by atomic mass is 9.74. The number of nitrogens with one attached hydrogen (secondary N) is 2. The maximum atomic E-state index is 4.26. The van der Waals surface area contributed by atoms with Gasteiger partial charge in [0.25, 0.3) is 5.82 Å². The van der Waals surface area contributed by atoms with Crippen molar-refractivity contribution in [2.45, 2.75) is 25.4 Å². The van der Waals surface area contributed by atoms with Gasteiger partial charge >= 0.3 is 0 Å². The van der Waals surface area contributed by atoms with Gasteiger partial charge in [0.1, 0.15) is 24.0 Å². The molecule has 2 atom stereocenters. The molecule has 0 fully saturated rings. The van der Waals surface area contributed by atoms with Gasteiger partial charge in [0.05, 0.1) is 12.1 Å². The number of hydrogen-bond donors (Lipinski definition) is 2. The second kappa shape index (κ2) is 3.95. The van der Waals surface area contributed by atoms with Crippen molar-refractivity contribution in [3.05, 3.63) is 48.4 Å². The highest BCUT2D eigenvalue weighted by atomic mass is 15.2. The van der Waals surface area contributed by atoms with E-state index < -0.39 is 0 Å². The third-order valence-electron chi connectivity index (χ3n) is 4.80. The molecule has 4 rings (SSSR count). The van der Waals surface area contributed by atoms with Gasteiger partial charge in [0, 0.05) is 17.8 Å². The quantitative estimate of drug-likeness (QED) is 0.720. The molecule has 2 aromatic rings. The standard InChI is InChI=1S/C16H18N4/c1-16(2)12-9-18-13-6-4-3-5-11(13)15(12)19-14-10-17-7-8-20(14)16/h3-8,10,12,15,18H,9H2,1-2H3/p+1/t12-,15-/m0/s1. The first-order valence-electron chi connectivity index (χ1n) is 7.13. The van der Waals surface area contributed by atoms with Gasteiger partial charge in [-0.2, -0.15) is 0 Å². The van der Waals surface area contributed by atoms with Gasteiger partial charge < -0.3 is 5.32 Å². The van der Waals surface area contributed by atoms with Crippen LogP contribution in [0.3, 0.4) is 0 Å². The Morgan fingerprint density at radius 3 is 3.05 bits per heavy atom. The molecule has 4 nitrogen and oxygen atoms in total. The average molecular weight is 267 g/mol. The number of benzene rings is 1. The van der Waals surface area contributed by atoms with Crippen LogP contribution in [0.4, 0.5) is 11.5 Å². The summed E-state index contributed by atoms with van der Waals surface area (Å²) in [5.41, 5.74) is 2.65. The van der Waals surface area contributed by atoms with E-state index in [1.165, 1.54) is 11.3 Å². The predicted molar refractivity (Wildman–Crippen MR) is 78.5 cm³/mol. The molecule has 0 unspecified atom stereocenters. The van der Waals surface area contributed by atoms with Gasteiger partial charge in [0.2, 0.25) is 0 Å². The third kappa shape index (κ3) is 1.48. The van der Waals surface area contributed by atoms with E-state index in [0.717, 1.165) is 12.4 Å². The van der Waals surface area contributed by atoms with Crippen LogP contribution in [0.1, 0.15) is 25.5 Å².